The number of nitrogens with zero attached hydrogens (tertiary/aromatic N) is 2. The number of carbonyl (C=O) groups excluding carboxylic acids is 3. The molecule has 1 fully saturated rings. The molecule has 0 atom stereocenters. The third kappa shape index (κ3) is 6.36. The summed E-state index contributed by atoms with van der Waals surface area (Å²) in [7, 11) is 0. The van der Waals surface area contributed by atoms with Gasteiger partial charge in [0.15, 0.2) is 0 Å². The number of aryl methyl sites for hydroxylation is 2. The molecule has 7 nitrogen and oxygen atoms in total. The van der Waals surface area contributed by atoms with Crippen molar-refractivity contribution in [2.24, 2.45) is 0 Å². The lowest BCUT2D eigenvalue weighted by Gasteiger charge is -2.34. The van der Waals surface area contributed by atoms with E-state index in [9.17, 15) is 14.4 Å². The highest BCUT2D eigenvalue weighted by Crippen LogP contribution is 2.09. The van der Waals surface area contributed by atoms with Crippen molar-refractivity contribution in [3.63, 3.8) is 0 Å². The van der Waals surface area contributed by atoms with Crippen molar-refractivity contribution in [1.82, 2.24) is 20.4 Å². The van der Waals surface area contributed by atoms with Crippen molar-refractivity contribution >= 4 is 17.7 Å². The van der Waals surface area contributed by atoms with Crippen LogP contribution < -0.4 is 10.6 Å². The fraction of sp³-hybridized carbons (Fsp3) is 0.550. The summed E-state index contributed by atoms with van der Waals surface area (Å²) in [5, 5.41) is 5.57. The van der Waals surface area contributed by atoms with Crippen LogP contribution in [0.25, 0.3) is 0 Å². The van der Waals surface area contributed by atoms with Gasteiger partial charge >= 0.3 is 0 Å². The highest BCUT2D eigenvalue weighted by molar-refractivity contribution is 5.96. The van der Waals surface area contributed by atoms with E-state index in [1.54, 1.807) is 11.0 Å². The Labute approximate surface area is 161 Å². The second-order valence-electron chi connectivity index (χ2n) is 7.36. The van der Waals surface area contributed by atoms with Crippen LogP contribution in [0.2, 0.25) is 0 Å². The molecule has 3 amide bonds. The van der Waals surface area contributed by atoms with Crippen LogP contribution in [0.5, 0.6) is 0 Å². The van der Waals surface area contributed by atoms with Crippen LogP contribution in [-0.4, -0.2) is 72.8 Å². The SMILES string of the molecule is Cc1ccc(C(=O)NCC(=O)N2CCN(CC(=O)NC(C)C)CC2)cc1C. The van der Waals surface area contributed by atoms with E-state index in [0.29, 0.717) is 38.3 Å². The maximum atomic E-state index is 12.3. The van der Waals surface area contributed by atoms with Crippen LogP contribution in [-0.2, 0) is 9.59 Å². The molecule has 27 heavy (non-hydrogen) atoms. The number of amides is 3. The largest absolute Gasteiger partial charge is 0.353 e. The minimum absolute atomic E-state index is 0.00503. The predicted molar refractivity (Wildman–Crippen MR) is 105 cm³/mol. The van der Waals surface area contributed by atoms with Gasteiger partial charge < -0.3 is 15.5 Å². The van der Waals surface area contributed by atoms with Gasteiger partial charge in [-0.05, 0) is 51.0 Å². The van der Waals surface area contributed by atoms with Gasteiger partial charge in [-0.1, -0.05) is 6.07 Å². The minimum atomic E-state index is -0.240. The number of rotatable bonds is 6. The smallest absolute Gasteiger partial charge is 0.251 e. The van der Waals surface area contributed by atoms with Crippen molar-refractivity contribution in [2.75, 3.05) is 39.3 Å². The van der Waals surface area contributed by atoms with E-state index >= 15 is 0 Å². The number of piperazine rings is 1. The minimum Gasteiger partial charge on any atom is -0.353 e. The van der Waals surface area contributed by atoms with E-state index in [1.807, 2.05) is 44.7 Å². The molecule has 2 N–H and O–H groups in total. The molecule has 0 unspecified atom stereocenters. The molecule has 148 valence electrons. The van der Waals surface area contributed by atoms with Gasteiger partial charge in [-0.25, -0.2) is 0 Å². The quantitative estimate of drug-likeness (QED) is 0.768. The van der Waals surface area contributed by atoms with Crippen molar-refractivity contribution in [2.45, 2.75) is 33.7 Å². The molecule has 0 saturated carbocycles. The Morgan fingerprint density at radius 3 is 2.30 bits per heavy atom. The lowest BCUT2D eigenvalue weighted by molar-refractivity contribution is -0.132. The molecule has 1 aromatic rings. The van der Waals surface area contributed by atoms with E-state index in [-0.39, 0.29) is 30.3 Å². The molecule has 0 aliphatic carbocycles. The molecular formula is C20H30N4O3. The first kappa shape index (κ1) is 20.9. The lowest BCUT2D eigenvalue weighted by atomic mass is 10.1. The lowest BCUT2D eigenvalue weighted by Crippen LogP contribution is -2.53. The molecule has 1 aliphatic rings. The zero-order valence-corrected chi connectivity index (χ0v) is 16.7. The summed E-state index contributed by atoms with van der Waals surface area (Å²) in [6.45, 7) is 10.6. The first-order valence-corrected chi connectivity index (χ1v) is 9.41. The third-order valence-electron chi connectivity index (χ3n) is 4.71. The maximum Gasteiger partial charge on any atom is 0.251 e. The fourth-order valence-electron chi connectivity index (χ4n) is 2.98. The average Bonchev–Trinajstić information content (AvgIpc) is 2.61. The summed E-state index contributed by atoms with van der Waals surface area (Å²) in [5.41, 5.74) is 2.74. The summed E-state index contributed by atoms with van der Waals surface area (Å²) in [5.74, 6) is -0.334. The summed E-state index contributed by atoms with van der Waals surface area (Å²) < 4.78 is 0. The number of benzene rings is 1. The van der Waals surface area contributed by atoms with Crippen LogP contribution in [0.4, 0.5) is 0 Å². The van der Waals surface area contributed by atoms with E-state index in [4.69, 9.17) is 0 Å². The van der Waals surface area contributed by atoms with E-state index < -0.39 is 0 Å². The second-order valence-corrected chi connectivity index (χ2v) is 7.36. The van der Waals surface area contributed by atoms with Gasteiger partial charge in [0, 0.05) is 37.8 Å². The molecule has 1 aliphatic heterocycles. The molecule has 7 heteroatoms. The Bertz CT molecular complexity index is 694. The molecule has 0 radical (unpaired) electrons. The summed E-state index contributed by atoms with van der Waals surface area (Å²) >= 11 is 0. The van der Waals surface area contributed by atoms with Gasteiger partial charge in [-0.15, -0.1) is 0 Å². The van der Waals surface area contributed by atoms with E-state index in [2.05, 4.69) is 10.6 Å². The normalized spacial score (nSPS) is 14.9. The van der Waals surface area contributed by atoms with Gasteiger partial charge in [0.1, 0.15) is 0 Å². The molecule has 1 heterocycles. The van der Waals surface area contributed by atoms with Crippen LogP contribution in [0, 0.1) is 13.8 Å². The molecule has 1 aromatic carbocycles. The van der Waals surface area contributed by atoms with Crippen molar-refractivity contribution in [3.8, 4) is 0 Å². The molecule has 0 spiro atoms. The summed E-state index contributed by atoms with van der Waals surface area (Å²) in [6.07, 6.45) is 0. The summed E-state index contributed by atoms with van der Waals surface area (Å²) in [6, 6.07) is 5.63. The fourth-order valence-corrected chi connectivity index (χ4v) is 2.98. The Kier molecular flexibility index (Phi) is 7.36. The molecular weight excluding hydrogens is 344 g/mol. The predicted octanol–water partition coefficient (Wildman–Crippen LogP) is 0.702. The number of nitrogens with one attached hydrogen (secondary N) is 2. The van der Waals surface area contributed by atoms with Gasteiger partial charge in [-0.2, -0.15) is 0 Å². The van der Waals surface area contributed by atoms with Crippen LogP contribution in [0.1, 0.15) is 35.3 Å². The Morgan fingerprint density at radius 1 is 1.04 bits per heavy atom. The zero-order valence-electron chi connectivity index (χ0n) is 16.7. The molecule has 0 bridgehead atoms. The van der Waals surface area contributed by atoms with E-state index in [0.717, 1.165) is 11.1 Å². The van der Waals surface area contributed by atoms with Gasteiger partial charge in [0.2, 0.25) is 11.8 Å². The highest BCUT2D eigenvalue weighted by Gasteiger charge is 2.22. The van der Waals surface area contributed by atoms with Crippen molar-refractivity contribution in [3.05, 3.63) is 34.9 Å². The maximum absolute atomic E-state index is 12.3. The van der Waals surface area contributed by atoms with Crippen LogP contribution >= 0.6 is 0 Å². The van der Waals surface area contributed by atoms with Gasteiger partial charge in [-0.3, -0.25) is 19.3 Å². The molecule has 2 rings (SSSR count). The Balaban J connectivity index is 1.75. The van der Waals surface area contributed by atoms with Crippen LogP contribution in [0.15, 0.2) is 18.2 Å². The highest BCUT2D eigenvalue weighted by atomic mass is 16.2. The van der Waals surface area contributed by atoms with Crippen molar-refractivity contribution in [1.29, 1.82) is 0 Å². The number of carbonyl (C=O) groups is 3. The summed E-state index contributed by atoms with van der Waals surface area (Å²) in [4.78, 5) is 40.1. The number of hydrogen-bond acceptors (Lipinski definition) is 4. The first-order valence-electron chi connectivity index (χ1n) is 9.41. The first-order chi connectivity index (χ1) is 12.8. The van der Waals surface area contributed by atoms with Gasteiger partial charge in [0.25, 0.3) is 5.91 Å². The second kappa shape index (κ2) is 9.50. The number of hydrogen-bond donors (Lipinski definition) is 2. The third-order valence-corrected chi connectivity index (χ3v) is 4.71. The zero-order chi connectivity index (χ0) is 20.0. The average molecular weight is 374 g/mol. The molecule has 0 aromatic heterocycles. The topological polar surface area (TPSA) is 81.8 Å². The standard InChI is InChI=1S/C20H30N4O3/c1-14(2)22-18(25)13-23-7-9-24(10-8-23)19(26)12-21-20(27)17-6-5-15(3)16(4)11-17/h5-6,11,14H,7-10,12-13H2,1-4H3,(H,21,27)(H,22,25). The Hall–Kier alpha value is -2.41. The van der Waals surface area contributed by atoms with Crippen molar-refractivity contribution < 1.29 is 14.4 Å². The Morgan fingerprint density at radius 2 is 1.70 bits per heavy atom. The molecule has 1 saturated heterocycles. The monoisotopic (exact) mass is 374 g/mol. The van der Waals surface area contributed by atoms with Crippen LogP contribution in [0.3, 0.4) is 0 Å². The van der Waals surface area contributed by atoms with Gasteiger partial charge in [0.05, 0.1) is 13.1 Å². The van der Waals surface area contributed by atoms with E-state index in [1.165, 1.54) is 0 Å².